The number of oxazole rings is 1. The summed E-state index contributed by atoms with van der Waals surface area (Å²) in [5.74, 6) is 1.37. The maximum atomic E-state index is 12.1. The van der Waals surface area contributed by atoms with E-state index in [-0.39, 0.29) is 30.3 Å². The fourth-order valence-corrected chi connectivity index (χ4v) is 2.50. The fourth-order valence-electron chi connectivity index (χ4n) is 2.50. The van der Waals surface area contributed by atoms with Crippen LogP contribution < -0.4 is 10.6 Å². The molecular formula is C16H20ClN3O2. The lowest BCUT2D eigenvalue weighted by Crippen LogP contribution is -2.33. The third kappa shape index (κ3) is 3.67. The lowest BCUT2D eigenvalue weighted by Gasteiger charge is -2.13. The second-order valence-corrected chi connectivity index (χ2v) is 5.35. The predicted molar refractivity (Wildman–Crippen MR) is 86.7 cm³/mol. The summed E-state index contributed by atoms with van der Waals surface area (Å²) in [6, 6.07) is 9.58. The molecule has 3 rings (SSSR count). The van der Waals surface area contributed by atoms with Gasteiger partial charge in [0.1, 0.15) is 6.04 Å². The van der Waals surface area contributed by atoms with Crippen LogP contribution in [0, 0.1) is 5.92 Å². The Balaban J connectivity index is 0.00000176. The topological polar surface area (TPSA) is 67.2 Å². The van der Waals surface area contributed by atoms with Crippen LogP contribution in [0.5, 0.6) is 0 Å². The van der Waals surface area contributed by atoms with Gasteiger partial charge in [0.15, 0.2) is 5.76 Å². The third-order valence-electron chi connectivity index (χ3n) is 3.74. The van der Waals surface area contributed by atoms with Crippen LogP contribution in [-0.2, 0) is 4.79 Å². The number of aromatic nitrogens is 1. The highest BCUT2D eigenvalue weighted by atomic mass is 35.5. The van der Waals surface area contributed by atoms with E-state index in [0.29, 0.717) is 11.7 Å². The van der Waals surface area contributed by atoms with Crippen LogP contribution in [0.3, 0.4) is 0 Å². The first-order valence-corrected chi connectivity index (χ1v) is 7.26. The van der Waals surface area contributed by atoms with Gasteiger partial charge in [-0.2, -0.15) is 0 Å². The van der Waals surface area contributed by atoms with Crippen molar-refractivity contribution in [1.29, 1.82) is 0 Å². The number of hydrogen-bond acceptors (Lipinski definition) is 4. The smallest absolute Gasteiger partial charge is 0.225 e. The number of rotatable bonds is 4. The molecule has 0 radical (unpaired) electrons. The van der Waals surface area contributed by atoms with Gasteiger partial charge in [0, 0.05) is 12.1 Å². The van der Waals surface area contributed by atoms with Crippen molar-refractivity contribution in [2.75, 3.05) is 13.1 Å². The Labute approximate surface area is 135 Å². The number of nitrogens with zero attached hydrogens (tertiary/aromatic N) is 1. The molecule has 6 heteroatoms. The highest BCUT2D eigenvalue weighted by Crippen LogP contribution is 2.23. The van der Waals surface area contributed by atoms with Gasteiger partial charge in [-0.1, -0.05) is 30.3 Å². The number of carbonyl (C=O) groups is 1. The molecule has 0 aliphatic carbocycles. The van der Waals surface area contributed by atoms with Crippen molar-refractivity contribution in [3.63, 3.8) is 0 Å². The van der Waals surface area contributed by atoms with E-state index < -0.39 is 0 Å². The Kier molecular flexibility index (Phi) is 5.57. The SMILES string of the molecule is CC(NC(=O)C1CCNC1)c1ncc(-c2ccccc2)o1.Cl. The molecule has 2 N–H and O–H groups in total. The van der Waals surface area contributed by atoms with Crippen LogP contribution in [0.1, 0.15) is 25.3 Å². The minimum atomic E-state index is -0.226. The maximum Gasteiger partial charge on any atom is 0.225 e. The molecular weight excluding hydrogens is 302 g/mol. The van der Waals surface area contributed by atoms with Crippen molar-refractivity contribution in [2.45, 2.75) is 19.4 Å². The molecule has 2 aromatic rings. The van der Waals surface area contributed by atoms with Gasteiger partial charge >= 0.3 is 0 Å². The third-order valence-corrected chi connectivity index (χ3v) is 3.74. The summed E-state index contributed by atoms with van der Waals surface area (Å²) in [5, 5.41) is 6.16. The van der Waals surface area contributed by atoms with E-state index in [1.807, 2.05) is 37.3 Å². The molecule has 1 amide bonds. The lowest BCUT2D eigenvalue weighted by molar-refractivity contribution is -0.125. The van der Waals surface area contributed by atoms with Crippen LogP contribution in [-0.4, -0.2) is 24.0 Å². The van der Waals surface area contributed by atoms with Gasteiger partial charge in [0.25, 0.3) is 0 Å². The first-order valence-electron chi connectivity index (χ1n) is 7.26. The van der Waals surface area contributed by atoms with Gasteiger partial charge < -0.3 is 15.1 Å². The molecule has 2 unspecified atom stereocenters. The number of benzene rings is 1. The first kappa shape index (κ1) is 16.5. The highest BCUT2D eigenvalue weighted by molar-refractivity contribution is 5.85. The molecule has 22 heavy (non-hydrogen) atoms. The second kappa shape index (κ2) is 7.42. The van der Waals surface area contributed by atoms with E-state index in [1.54, 1.807) is 6.20 Å². The van der Waals surface area contributed by atoms with Gasteiger partial charge in [-0.15, -0.1) is 12.4 Å². The number of hydrogen-bond donors (Lipinski definition) is 2. The van der Waals surface area contributed by atoms with Crippen molar-refractivity contribution in [2.24, 2.45) is 5.92 Å². The van der Waals surface area contributed by atoms with Crippen molar-refractivity contribution < 1.29 is 9.21 Å². The van der Waals surface area contributed by atoms with E-state index in [9.17, 15) is 4.79 Å². The molecule has 2 atom stereocenters. The minimum Gasteiger partial charge on any atom is -0.438 e. The van der Waals surface area contributed by atoms with E-state index in [1.165, 1.54) is 0 Å². The first-order chi connectivity index (χ1) is 10.2. The summed E-state index contributed by atoms with van der Waals surface area (Å²) in [5.41, 5.74) is 0.981. The van der Waals surface area contributed by atoms with Gasteiger partial charge in [-0.05, 0) is 19.9 Å². The summed E-state index contributed by atoms with van der Waals surface area (Å²) in [4.78, 5) is 16.4. The van der Waals surface area contributed by atoms with E-state index in [4.69, 9.17) is 4.42 Å². The number of halogens is 1. The standard InChI is InChI=1S/C16H19N3O2.ClH/c1-11(19-15(20)13-7-8-17-9-13)16-18-10-14(21-16)12-5-3-2-4-6-12;/h2-6,10-11,13,17H,7-9H2,1H3,(H,19,20);1H. The van der Waals surface area contributed by atoms with Gasteiger partial charge in [-0.3, -0.25) is 4.79 Å². The van der Waals surface area contributed by atoms with Crippen molar-refractivity contribution in [3.05, 3.63) is 42.4 Å². The summed E-state index contributed by atoms with van der Waals surface area (Å²) < 4.78 is 5.75. The van der Waals surface area contributed by atoms with Crippen LogP contribution in [0.25, 0.3) is 11.3 Å². The number of carbonyl (C=O) groups excluding carboxylic acids is 1. The number of amides is 1. The van der Waals surface area contributed by atoms with E-state index in [2.05, 4.69) is 15.6 Å². The van der Waals surface area contributed by atoms with Crippen LogP contribution in [0.4, 0.5) is 0 Å². The van der Waals surface area contributed by atoms with Crippen LogP contribution in [0.15, 0.2) is 40.9 Å². The fraction of sp³-hybridized carbons (Fsp3) is 0.375. The predicted octanol–water partition coefficient (Wildman–Crippen LogP) is 2.55. The molecule has 1 aromatic heterocycles. The molecule has 1 aromatic carbocycles. The Bertz CT molecular complexity index is 609. The zero-order valence-corrected chi connectivity index (χ0v) is 13.2. The molecule has 118 valence electrons. The van der Waals surface area contributed by atoms with Crippen LogP contribution >= 0.6 is 12.4 Å². The summed E-state index contributed by atoms with van der Waals surface area (Å²) in [7, 11) is 0. The van der Waals surface area contributed by atoms with Gasteiger partial charge in [0.05, 0.1) is 12.1 Å². The highest BCUT2D eigenvalue weighted by Gasteiger charge is 2.25. The molecule has 0 saturated carbocycles. The van der Waals surface area contributed by atoms with Crippen LogP contribution in [0.2, 0.25) is 0 Å². The molecule has 0 bridgehead atoms. The Morgan fingerprint density at radius 3 is 2.86 bits per heavy atom. The molecule has 1 aliphatic heterocycles. The average Bonchev–Trinajstić information content (AvgIpc) is 3.20. The second-order valence-electron chi connectivity index (χ2n) is 5.35. The maximum absolute atomic E-state index is 12.1. The minimum absolute atomic E-state index is 0. The zero-order valence-electron chi connectivity index (χ0n) is 12.4. The monoisotopic (exact) mass is 321 g/mol. The van der Waals surface area contributed by atoms with E-state index in [0.717, 1.165) is 25.1 Å². The summed E-state index contributed by atoms with van der Waals surface area (Å²) in [6.45, 7) is 3.55. The summed E-state index contributed by atoms with van der Waals surface area (Å²) in [6.07, 6.45) is 2.59. The Morgan fingerprint density at radius 1 is 1.41 bits per heavy atom. The van der Waals surface area contributed by atoms with Crippen molar-refractivity contribution in [1.82, 2.24) is 15.6 Å². The molecule has 0 spiro atoms. The number of nitrogens with one attached hydrogen (secondary N) is 2. The summed E-state index contributed by atoms with van der Waals surface area (Å²) >= 11 is 0. The molecule has 5 nitrogen and oxygen atoms in total. The Hall–Kier alpha value is -1.85. The van der Waals surface area contributed by atoms with Gasteiger partial charge in [-0.25, -0.2) is 4.98 Å². The van der Waals surface area contributed by atoms with Gasteiger partial charge in [0.2, 0.25) is 11.8 Å². The quantitative estimate of drug-likeness (QED) is 0.908. The molecule has 1 saturated heterocycles. The Morgan fingerprint density at radius 2 is 2.18 bits per heavy atom. The largest absolute Gasteiger partial charge is 0.438 e. The normalized spacial score (nSPS) is 18.5. The average molecular weight is 322 g/mol. The van der Waals surface area contributed by atoms with E-state index >= 15 is 0 Å². The molecule has 2 heterocycles. The molecule has 1 aliphatic rings. The lowest BCUT2D eigenvalue weighted by atomic mass is 10.1. The van der Waals surface area contributed by atoms with Crippen molar-refractivity contribution in [3.8, 4) is 11.3 Å². The zero-order chi connectivity index (χ0) is 14.7. The molecule has 1 fully saturated rings. The van der Waals surface area contributed by atoms with Crippen molar-refractivity contribution >= 4 is 18.3 Å².